The summed E-state index contributed by atoms with van der Waals surface area (Å²) in [5.41, 5.74) is 2.41. The molecule has 0 amide bonds. The third kappa shape index (κ3) is 4.34. The van der Waals surface area contributed by atoms with E-state index >= 15 is 0 Å². The Morgan fingerprint density at radius 1 is 0.949 bits per heavy atom. The van der Waals surface area contributed by atoms with Crippen LogP contribution in [-0.4, -0.2) is 62.3 Å². The minimum Gasteiger partial charge on any atom is -0.502 e. The van der Waals surface area contributed by atoms with Crippen LogP contribution < -0.4 is 18.9 Å². The van der Waals surface area contributed by atoms with Gasteiger partial charge in [-0.3, -0.25) is 4.79 Å². The summed E-state index contributed by atoms with van der Waals surface area (Å²) < 4.78 is 40.8. The zero-order chi connectivity index (χ0) is 27.4. The second kappa shape index (κ2) is 10.1. The van der Waals surface area contributed by atoms with Crippen LogP contribution in [0.3, 0.4) is 0 Å². The summed E-state index contributed by atoms with van der Waals surface area (Å²) in [5.74, 6) is 0.000859. The normalized spacial score (nSPS) is 31.0. The number of rotatable bonds is 6. The average Bonchev–Trinajstić information content (AvgIpc) is 3.55. The largest absolute Gasteiger partial charge is 0.502 e. The molecule has 7 atom stereocenters. The van der Waals surface area contributed by atoms with Crippen LogP contribution in [0.25, 0.3) is 0 Å². The van der Waals surface area contributed by atoms with Crippen molar-refractivity contribution < 1.29 is 48.2 Å². The number of carbonyl (C=O) groups excluding carboxylic acids is 1. The zero-order valence-electron chi connectivity index (χ0n) is 22.4. The molecular weight excluding hydrogens is 508 g/mol. The number of hydrogen-bond donors (Lipinski definition) is 2. The molecule has 0 saturated carbocycles. The van der Waals surface area contributed by atoms with E-state index in [0.29, 0.717) is 24.3 Å². The summed E-state index contributed by atoms with van der Waals surface area (Å²) in [6.45, 7) is 4.31. The van der Waals surface area contributed by atoms with Gasteiger partial charge in [0.1, 0.15) is 0 Å². The molecule has 4 aliphatic rings. The van der Waals surface area contributed by atoms with Crippen LogP contribution >= 0.6 is 0 Å². The number of fused-ring (bicyclic) bond motifs is 3. The minimum absolute atomic E-state index is 0.101. The first-order valence-corrected chi connectivity index (χ1v) is 13.3. The van der Waals surface area contributed by atoms with Gasteiger partial charge >= 0.3 is 5.97 Å². The number of hydrogen-bond acceptors (Lipinski definition) is 10. The van der Waals surface area contributed by atoms with Crippen molar-refractivity contribution in [3.63, 3.8) is 0 Å². The molecule has 0 unspecified atom stereocenters. The van der Waals surface area contributed by atoms with E-state index in [1.54, 1.807) is 12.1 Å². The Hall–Kier alpha value is -3.21. The van der Waals surface area contributed by atoms with Gasteiger partial charge in [-0.2, -0.15) is 0 Å². The molecule has 2 fully saturated rings. The molecule has 3 heterocycles. The molecule has 39 heavy (non-hydrogen) atoms. The van der Waals surface area contributed by atoms with Gasteiger partial charge in [0, 0.05) is 18.3 Å². The second-order valence-electron chi connectivity index (χ2n) is 10.9. The van der Waals surface area contributed by atoms with E-state index in [1.807, 2.05) is 26.0 Å². The van der Waals surface area contributed by atoms with E-state index in [2.05, 4.69) is 0 Å². The quantitative estimate of drug-likeness (QED) is 0.523. The Morgan fingerprint density at radius 2 is 1.62 bits per heavy atom. The van der Waals surface area contributed by atoms with E-state index in [-0.39, 0.29) is 54.6 Å². The predicted octanol–water partition coefficient (Wildman–Crippen LogP) is 3.65. The highest BCUT2D eigenvalue weighted by Gasteiger charge is 2.54. The van der Waals surface area contributed by atoms with Crippen molar-refractivity contribution >= 4 is 5.97 Å². The maximum absolute atomic E-state index is 13.3. The first-order chi connectivity index (χ1) is 18.8. The van der Waals surface area contributed by atoms with Crippen LogP contribution in [0.1, 0.15) is 55.4 Å². The number of phenolic OH excluding ortho intramolecular Hbond substituents is 1. The highest BCUT2D eigenvalue weighted by Crippen LogP contribution is 2.57. The summed E-state index contributed by atoms with van der Waals surface area (Å²) in [7, 11) is 2.93. The summed E-state index contributed by atoms with van der Waals surface area (Å²) in [5, 5.41) is 21.0. The first-order valence-electron chi connectivity index (χ1n) is 13.3. The van der Waals surface area contributed by atoms with E-state index < -0.39 is 30.3 Å². The van der Waals surface area contributed by atoms with Gasteiger partial charge in [0.2, 0.25) is 12.5 Å². The number of ether oxygens (including phenoxy) is 7. The fourth-order valence-corrected chi connectivity index (χ4v) is 6.45. The molecule has 3 aliphatic heterocycles. The van der Waals surface area contributed by atoms with Gasteiger partial charge < -0.3 is 43.4 Å². The predicted molar refractivity (Wildman–Crippen MR) is 136 cm³/mol. The van der Waals surface area contributed by atoms with Crippen molar-refractivity contribution in [1.82, 2.24) is 0 Å². The number of phenols is 1. The maximum Gasteiger partial charge on any atom is 0.310 e. The maximum atomic E-state index is 13.3. The fourth-order valence-electron chi connectivity index (χ4n) is 6.45. The van der Waals surface area contributed by atoms with E-state index in [4.69, 9.17) is 33.2 Å². The molecule has 10 heteroatoms. The molecule has 2 aromatic carbocycles. The minimum atomic E-state index is -0.572. The standard InChI is InChI=1S/C29H34O10/c1-13(2)27-18(30)5-6-23(38-27)39-28-16-10-20-19(36-12-37-20)9-15(16)24(25-17(28)11-35-29(25)32)14-7-21(33-3)26(31)22(8-14)34-4/h7-10,13,17-18,23-25,27-28,30-31H,5-6,11-12H2,1-4H3/t17-,18+,23-,24+,25-,27+,28+/m0/s1. The molecule has 1 aliphatic carbocycles. The van der Waals surface area contributed by atoms with Crippen molar-refractivity contribution in [3.8, 4) is 28.7 Å². The Kier molecular flexibility index (Phi) is 6.73. The monoisotopic (exact) mass is 542 g/mol. The summed E-state index contributed by atoms with van der Waals surface area (Å²) in [4.78, 5) is 13.3. The van der Waals surface area contributed by atoms with Crippen LogP contribution in [-0.2, 0) is 19.0 Å². The lowest BCUT2D eigenvalue weighted by atomic mass is 9.66. The molecule has 6 rings (SSSR count). The van der Waals surface area contributed by atoms with Crippen molar-refractivity contribution in [2.24, 2.45) is 17.8 Å². The molecule has 0 aromatic heterocycles. The van der Waals surface area contributed by atoms with Crippen LogP contribution in [0.4, 0.5) is 0 Å². The Bertz CT molecular complexity index is 1230. The molecule has 2 saturated heterocycles. The van der Waals surface area contributed by atoms with Crippen LogP contribution in [0.2, 0.25) is 0 Å². The lowest BCUT2D eigenvalue weighted by molar-refractivity contribution is -0.257. The van der Waals surface area contributed by atoms with Gasteiger partial charge in [-0.1, -0.05) is 13.8 Å². The van der Waals surface area contributed by atoms with Crippen molar-refractivity contribution in [3.05, 3.63) is 41.0 Å². The smallest absolute Gasteiger partial charge is 0.310 e. The number of aliphatic hydroxyl groups excluding tert-OH is 1. The van der Waals surface area contributed by atoms with E-state index in [1.165, 1.54) is 14.2 Å². The molecule has 210 valence electrons. The van der Waals surface area contributed by atoms with Crippen LogP contribution in [0.15, 0.2) is 24.3 Å². The van der Waals surface area contributed by atoms with E-state index in [9.17, 15) is 15.0 Å². The molecule has 10 nitrogen and oxygen atoms in total. The van der Waals surface area contributed by atoms with Gasteiger partial charge in [0.25, 0.3) is 0 Å². The van der Waals surface area contributed by atoms with Gasteiger partial charge in [0.15, 0.2) is 29.3 Å². The van der Waals surface area contributed by atoms with Gasteiger partial charge in [-0.05, 0) is 53.3 Å². The Balaban J connectivity index is 1.46. The number of benzene rings is 2. The highest BCUT2D eigenvalue weighted by atomic mass is 16.7. The molecule has 0 bridgehead atoms. The lowest BCUT2D eigenvalue weighted by Gasteiger charge is -2.42. The molecule has 2 N–H and O–H groups in total. The molecule has 2 aromatic rings. The Morgan fingerprint density at radius 3 is 2.26 bits per heavy atom. The number of cyclic esters (lactones) is 1. The van der Waals surface area contributed by atoms with Crippen LogP contribution in [0.5, 0.6) is 28.7 Å². The second-order valence-corrected chi connectivity index (χ2v) is 10.9. The van der Waals surface area contributed by atoms with Gasteiger partial charge in [-0.15, -0.1) is 0 Å². The third-order valence-corrected chi connectivity index (χ3v) is 8.32. The van der Waals surface area contributed by atoms with Gasteiger partial charge in [0.05, 0.1) is 45.1 Å². The molecular formula is C29H34O10. The number of carbonyl (C=O) groups is 1. The number of methoxy groups -OCH3 is 2. The van der Waals surface area contributed by atoms with Crippen molar-refractivity contribution in [2.75, 3.05) is 27.6 Å². The van der Waals surface area contributed by atoms with Crippen LogP contribution in [0, 0.1) is 17.8 Å². The number of aliphatic hydroxyl groups is 1. The SMILES string of the molecule is COc1cc([C@@H]2c3cc4c(cc3[C@@H](O[C@H]3CC[C@@H](O)[C@@H](C(C)C)O3)[C@H]3COC(=O)[C@H]23)OCO4)cc(OC)c1O. The summed E-state index contributed by atoms with van der Waals surface area (Å²) in [6.07, 6.45) is -0.867. The van der Waals surface area contributed by atoms with Crippen molar-refractivity contribution in [1.29, 1.82) is 0 Å². The third-order valence-electron chi connectivity index (χ3n) is 8.32. The summed E-state index contributed by atoms with van der Waals surface area (Å²) >= 11 is 0. The lowest BCUT2D eigenvalue weighted by Crippen LogP contribution is -2.45. The Labute approximate surface area is 226 Å². The highest BCUT2D eigenvalue weighted by molar-refractivity contribution is 5.79. The molecule has 0 radical (unpaired) electrons. The zero-order valence-corrected chi connectivity index (χ0v) is 22.4. The number of esters is 1. The molecule has 0 spiro atoms. The summed E-state index contributed by atoms with van der Waals surface area (Å²) in [6, 6.07) is 7.26. The average molecular weight is 543 g/mol. The fraction of sp³-hybridized carbons (Fsp3) is 0.552. The topological polar surface area (TPSA) is 122 Å². The van der Waals surface area contributed by atoms with Gasteiger partial charge in [-0.25, -0.2) is 0 Å². The van der Waals surface area contributed by atoms with Crippen molar-refractivity contribution in [2.45, 2.75) is 57.2 Å². The first kappa shape index (κ1) is 26.0. The number of aromatic hydroxyl groups is 1. The van der Waals surface area contributed by atoms with E-state index in [0.717, 1.165) is 16.7 Å².